The van der Waals surface area contributed by atoms with E-state index in [-0.39, 0.29) is 27.8 Å². The molecule has 1 aromatic carbocycles. The Bertz CT molecular complexity index is 483. The van der Waals surface area contributed by atoms with Gasteiger partial charge < -0.3 is 5.73 Å². The SMILES string of the molecule is CC1(C)C(C(N)c2cc(F)c(F)cc2Cl)C1(C)C. The third-order valence-corrected chi connectivity index (χ3v) is 5.22. The smallest absolute Gasteiger partial charge is 0.160 e. The summed E-state index contributed by atoms with van der Waals surface area (Å²) >= 11 is 5.97. The highest BCUT2D eigenvalue weighted by Gasteiger charge is 2.66. The summed E-state index contributed by atoms with van der Waals surface area (Å²) < 4.78 is 26.3. The molecule has 1 aromatic rings. The highest BCUT2D eigenvalue weighted by atomic mass is 35.5. The zero-order valence-corrected chi connectivity index (χ0v) is 11.8. The van der Waals surface area contributed by atoms with Crippen LogP contribution >= 0.6 is 11.6 Å². The lowest BCUT2D eigenvalue weighted by Crippen LogP contribution is -2.17. The largest absolute Gasteiger partial charge is 0.324 e. The first-order valence-electron chi connectivity index (χ1n) is 6.00. The molecule has 0 saturated heterocycles. The van der Waals surface area contributed by atoms with Crippen molar-refractivity contribution in [3.63, 3.8) is 0 Å². The fourth-order valence-electron chi connectivity index (χ4n) is 3.12. The Kier molecular flexibility index (Phi) is 2.99. The van der Waals surface area contributed by atoms with Crippen LogP contribution in [0.15, 0.2) is 12.1 Å². The molecule has 1 aliphatic rings. The predicted octanol–water partition coefficient (Wildman–Crippen LogP) is 4.30. The molecule has 1 saturated carbocycles. The predicted molar refractivity (Wildman–Crippen MR) is 69.3 cm³/mol. The topological polar surface area (TPSA) is 26.0 Å². The maximum Gasteiger partial charge on any atom is 0.160 e. The summed E-state index contributed by atoms with van der Waals surface area (Å²) in [6, 6.07) is 1.74. The summed E-state index contributed by atoms with van der Waals surface area (Å²) in [6.07, 6.45) is 0. The molecular formula is C14H18ClF2N. The number of rotatable bonds is 2. The molecule has 2 rings (SSSR count). The van der Waals surface area contributed by atoms with Gasteiger partial charge in [0, 0.05) is 11.1 Å². The monoisotopic (exact) mass is 273 g/mol. The van der Waals surface area contributed by atoms with E-state index in [1.807, 2.05) is 0 Å². The van der Waals surface area contributed by atoms with Gasteiger partial charge in [0.05, 0.1) is 0 Å². The Balaban J connectivity index is 2.37. The van der Waals surface area contributed by atoms with Crippen LogP contribution in [0, 0.1) is 28.4 Å². The summed E-state index contributed by atoms with van der Waals surface area (Å²) in [7, 11) is 0. The van der Waals surface area contributed by atoms with Crippen molar-refractivity contribution < 1.29 is 8.78 Å². The second-order valence-electron chi connectivity index (χ2n) is 6.23. The van der Waals surface area contributed by atoms with Crippen LogP contribution in [0.1, 0.15) is 39.3 Å². The molecule has 1 unspecified atom stereocenters. The third-order valence-electron chi connectivity index (χ3n) is 4.89. The van der Waals surface area contributed by atoms with Crippen LogP contribution in [0.4, 0.5) is 8.78 Å². The Morgan fingerprint density at radius 3 is 2.00 bits per heavy atom. The first kappa shape index (κ1) is 13.8. The molecule has 1 aliphatic carbocycles. The van der Waals surface area contributed by atoms with Gasteiger partial charge in [0.1, 0.15) is 0 Å². The first-order valence-corrected chi connectivity index (χ1v) is 6.38. The molecule has 0 heterocycles. The normalized spacial score (nSPS) is 22.9. The van der Waals surface area contributed by atoms with E-state index in [9.17, 15) is 8.78 Å². The van der Waals surface area contributed by atoms with E-state index in [1.54, 1.807) is 0 Å². The Morgan fingerprint density at radius 1 is 1.11 bits per heavy atom. The van der Waals surface area contributed by atoms with Crippen molar-refractivity contribution >= 4 is 11.6 Å². The molecule has 2 N–H and O–H groups in total. The van der Waals surface area contributed by atoms with Gasteiger partial charge in [-0.05, 0) is 34.4 Å². The van der Waals surface area contributed by atoms with E-state index in [1.165, 1.54) is 0 Å². The zero-order chi connectivity index (χ0) is 13.9. The van der Waals surface area contributed by atoms with E-state index in [2.05, 4.69) is 27.7 Å². The molecule has 0 aliphatic heterocycles. The molecule has 1 nitrogen and oxygen atoms in total. The lowest BCUT2D eigenvalue weighted by Gasteiger charge is -2.16. The maximum atomic E-state index is 13.3. The van der Waals surface area contributed by atoms with Crippen LogP contribution < -0.4 is 5.73 Å². The van der Waals surface area contributed by atoms with E-state index in [0.29, 0.717) is 5.56 Å². The highest BCUT2D eigenvalue weighted by Crippen LogP contribution is 2.72. The minimum absolute atomic E-state index is 0.0700. The van der Waals surface area contributed by atoms with Crippen molar-refractivity contribution in [2.24, 2.45) is 22.5 Å². The number of halogens is 3. The molecule has 100 valence electrons. The van der Waals surface area contributed by atoms with Crippen molar-refractivity contribution in [2.45, 2.75) is 33.7 Å². The van der Waals surface area contributed by atoms with Crippen molar-refractivity contribution in [3.8, 4) is 0 Å². The van der Waals surface area contributed by atoms with Crippen LogP contribution in [-0.4, -0.2) is 0 Å². The van der Waals surface area contributed by atoms with Crippen molar-refractivity contribution in [1.29, 1.82) is 0 Å². The number of benzene rings is 1. The molecule has 4 heteroatoms. The van der Waals surface area contributed by atoms with Gasteiger partial charge >= 0.3 is 0 Å². The van der Waals surface area contributed by atoms with Crippen LogP contribution in [-0.2, 0) is 0 Å². The fourth-order valence-corrected chi connectivity index (χ4v) is 3.39. The van der Waals surface area contributed by atoms with E-state index in [4.69, 9.17) is 17.3 Å². The maximum absolute atomic E-state index is 13.3. The third kappa shape index (κ3) is 1.76. The molecule has 0 spiro atoms. The van der Waals surface area contributed by atoms with Gasteiger partial charge in [0.15, 0.2) is 11.6 Å². The van der Waals surface area contributed by atoms with Gasteiger partial charge in [-0.3, -0.25) is 0 Å². The Hall–Kier alpha value is -0.670. The number of nitrogens with two attached hydrogens (primary N) is 1. The summed E-state index contributed by atoms with van der Waals surface area (Å²) in [6.45, 7) is 8.52. The second kappa shape index (κ2) is 3.91. The van der Waals surface area contributed by atoms with Gasteiger partial charge in [-0.2, -0.15) is 0 Å². The van der Waals surface area contributed by atoms with Crippen LogP contribution in [0.2, 0.25) is 5.02 Å². The van der Waals surface area contributed by atoms with Gasteiger partial charge in [0.2, 0.25) is 0 Å². The molecule has 0 amide bonds. The quantitative estimate of drug-likeness (QED) is 0.799. The lowest BCUT2D eigenvalue weighted by atomic mass is 9.97. The van der Waals surface area contributed by atoms with Gasteiger partial charge in [-0.1, -0.05) is 39.3 Å². The minimum Gasteiger partial charge on any atom is -0.324 e. The molecular weight excluding hydrogens is 256 g/mol. The van der Waals surface area contributed by atoms with Crippen molar-refractivity contribution in [2.75, 3.05) is 0 Å². The summed E-state index contributed by atoms with van der Waals surface area (Å²) in [4.78, 5) is 0. The summed E-state index contributed by atoms with van der Waals surface area (Å²) in [5.74, 6) is -1.64. The number of hydrogen-bond donors (Lipinski definition) is 1. The fraction of sp³-hybridized carbons (Fsp3) is 0.571. The molecule has 0 radical (unpaired) electrons. The summed E-state index contributed by atoms with van der Waals surface area (Å²) in [5, 5.41) is 0.194. The second-order valence-corrected chi connectivity index (χ2v) is 6.64. The minimum atomic E-state index is -0.940. The molecule has 0 bridgehead atoms. The Morgan fingerprint density at radius 2 is 1.56 bits per heavy atom. The van der Waals surface area contributed by atoms with Crippen LogP contribution in [0.3, 0.4) is 0 Å². The lowest BCUT2D eigenvalue weighted by molar-refractivity contribution is 0.457. The standard InChI is InChI=1S/C14H18ClF2N/c1-13(2)12(14(13,3)4)11(18)7-5-9(16)10(17)6-8(7)15/h5-6,11-12H,18H2,1-4H3. The first-order chi connectivity index (χ1) is 8.10. The molecule has 1 atom stereocenters. The van der Waals surface area contributed by atoms with Crippen molar-refractivity contribution in [3.05, 3.63) is 34.4 Å². The van der Waals surface area contributed by atoms with Gasteiger partial charge in [0.25, 0.3) is 0 Å². The van der Waals surface area contributed by atoms with Crippen molar-refractivity contribution in [1.82, 2.24) is 0 Å². The van der Waals surface area contributed by atoms with Gasteiger partial charge in [-0.25, -0.2) is 8.78 Å². The molecule has 0 aromatic heterocycles. The average Bonchev–Trinajstić information content (AvgIpc) is 2.62. The van der Waals surface area contributed by atoms with E-state index in [0.717, 1.165) is 12.1 Å². The number of hydrogen-bond acceptors (Lipinski definition) is 1. The van der Waals surface area contributed by atoms with Gasteiger partial charge in [-0.15, -0.1) is 0 Å². The zero-order valence-electron chi connectivity index (χ0n) is 11.0. The summed E-state index contributed by atoms with van der Waals surface area (Å²) in [5.41, 5.74) is 6.82. The van der Waals surface area contributed by atoms with E-state index >= 15 is 0 Å². The van der Waals surface area contributed by atoms with E-state index < -0.39 is 11.6 Å². The average molecular weight is 274 g/mol. The molecule has 18 heavy (non-hydrogen) atoms. The van der Waals surface area contributed by atoms with Crippen LogP contribution in [0.5, 0.6) is 0 Å². The highest BCUT2D eigenvalue weighted by molar-refractivity contribution is 6.31. The Labute approximate surface area is 111 Å². The molecule has 1 fully saturated rings. The van der Waals surface area contributed by atoms with Crippen LogP contribution in [0.25, 0.3) is 0 Å².